The van der Waals surface area contributed by atoms with Crippen LogP contribution in [0.25, 0.3) is 0 Å². The highest BCUT2D eigenvalue weighted by Crippen LogP contribution is 2.35. The van der Waals surface area contributed by atoms with Crippen molar-refractivity contribution in [2.24, 2.45) is 0 Å². The number of aliphatic hydroxyl groups is 2. The topological polar surface area (TPSA) is 58.9 Å². The second-order valence-corrected chi connectivity index (χ2v) is 3.48. The number of hydrogen-bond acceptors (Lipinski definition) is 4. The molecule has 0 radical (unpaired) electrons. The first-order valence-corrected chi connectivity index (χ1v) is 4.37. The Balaban J connectivity index is 2.05. The molecule has 4 heteroatoms. The Kier molecular flexibility index (Phi) is 2.08. The average molecular weight is 174 g/mol. The molecular formula is C8H14O4. The van der Waals surface area contributed by atoms with E-state index in [1.807, 2.05) is 0 Å². The van der Waals surface area contributed by atoms with Crippen LogP contribution in [0.1, 0.15) is 19.3 Å². The molecular weight excluding hydrogens is 160 g/mol. The van der Waals surface area contributed by atoms with Crippen molar-refractivity contribution in [2.75, 3.05) is 13.2 Å². The molecule has 3 atom stereocenters. The highest BCUT2D eigenvalue weighted by molar-refractivity contribution is 4.88. The molecule has 70 valence electrons. The highest BCUT2D eigenvalue weighted by atomic mass is 16.7. The molecule has 2 aliphatic rings. The standard InChI is InChI=1S/C8H14O4/c9-6-4-7(10)8(12-5-6)2-1-3-11-8/h6-7,9-10H,1-5H2. The summed E-state index contributed by atoms with van der Waals surface area (Å²) in [7, 11) is 0. The summed E-state index contributed by atoms with van der Waals surface area (Å²) in [6.07, 6.45) is 0.798. The van der Waals surface area contributed by atoms with Crippen LogP contribution in [-0.2, 0) is 9.47 Å². The van der Waals surface area contributed by atoms with E-state index < -0.39 is 18.0 Å². The van der Waals surface area contributed by atoms with Gasteiger partial charge in [-0.2, -0.15) is 0 Å². The van der Waals surface area contributed by atoms with E-state index in [1.54, 1.807) is 0 Å². The molecule has 0 saturated carbocycles. The maximum atomic E-state index is 9.62. The highest BCUT2D eigenvalue weighted by Gasteiger charge is 2.47. The summed E-state index contributed by atoms with van der Waals surface area (Å²) >= 11 is 0. The van der Waals surface area contributed by atoms with Crippen LogP contribution in [-0.4, -0.2) is 41.4 Å². The second-order valence-electron chi connectivity index (χ2n) is 3.48. The molecule has 0 bridgehead atoms. The van der Waals surface area contributed by atoms with Gasteiger partial charge >= 0.3 is 0 Å². The maximum absolute atomic E-state index is 9.62. The monoisotopic (exact) mass is 174 g/mol. The van der Waals surface area contributed by atoms with Crippen molar-refractivity contribution in [3.63, 3.8) is 0 Å². The van der Waals surface area contributed by atoms with E-state index in [0.29, 0.717) is 13.0 Å². The van der Waals surface area contributed by atoms with Gasteiger partial charge in [-0.15, -0.1) is 0 Å². The molecule has 0 aliphatic carbocycles. The van der Waals surface area contributed by atoms with Gasteiger partial charge in [0.05, 0.1) is 19.3 Å². The van der Waals surface area contributed by atoms with Crippen LogP contribution in [0.4, 0.5) is 0 Å². The van der Waals surface area contributed by atoms with Crippen LogP contribution < -0.4 is 0 Å². The Morgan fingerprint density at radius 1 is 1.25 bits per heavy atom. The van der Waals surface area contributed by atoms with Gasteiger partial charge in [-0.25, -0.2) is 0 Å². The molecule has 2 fully saturated rings. The van der Waals surface area contributed by atoms with Gasteiger partial charge in [-0.05, 0) is 6.42 Å². The Morgan fingerprint density at radius 2 is 2.08 bits per heavy atom. The van der Waals surface area contributed by atoms with Crippen molar-refractivity contribution >= 4 is 0 Å². The van der Waals surface area contributed by atoms with E-state index in [2.05, 4.69) is 0 Å². The lowest BCUT2D eigenvalue weighted by Crippen LogP contribution is -2.51. The van der Waals surface area contributed by atoms with E-state index in [4.69, 9.17) is 9.47 Å². The lowest BCUT2D eigenvalue weighted by Gasteiger charge is -2.38. The van der Waals surface area contributed by atoms with Crippen LogP contribution in [0, 0.1) is 0 Å². The zero-order valence-electron chi connectivity index (χ0n) is 6.90. The molecule has 2 heterocycles. The zero-order chi connectivity index (χ0) is 8.60. The fourth-order valence-corrected chi connectivity index (χ4v) is 1.85. The molecule has 12 heavy (non-hydrogen) atoms. The largest absolute Gasteiger partial charge is 0.391 e. The van der Waals surface area contributed by atoms with Gasteiger partial charge in [0, 0.05) is 12.8 Å². The minimum Gasteiger partial charge on any atom is -0.391 e. The molecule has 4 nitrogen and oxygen atoms in total. The summed E-state index contributed by atoms with van der Waals surface area (Å²) in [4.78, 5) is 0. The minimum absolute atomic E-state index is 0.275. The van der Waals surface area contributed by atoms with Crippen molar-refractivity contribution < 1.29 is 19.7 Å². The Morgan fingerprint density at radius 3 is 2.67 bits per heavy atom. The van der Waals surface area contributed by atoms with E-state index in [9.17, 15) is 10.2 Å². The van der Waals surface area contributed by atoms with Gasteiger partial charge < -0.3 is 19.7 Å². The Bertz CT molecular complexity index is 164. The third kappa shape index (κ3) is 1.25. The fourth-order valence-electron chi connectivity index (χ4n) is 1.85. The maximum Gasteiger partial charge on any atom is 0.194 e. The third-order valence-corrected chi connectivity index (χ3v) is 2.54. The molecule has 0 amide bonds. The van der Waals surface area contributed by atoms with Crippen LogP contribution in [0.2, 0.25) is 0 Å². The smallest absolute Gasteiger partial charge is 0.194 e. The summed E-state index contributed by atoms with van der Waals surface area (Å²) in [5.74, 6) is -0.792. The molecule has 2 N–H and O–H groups in total. The normalized spacial score (nSPS) is 48.5. The zero-order valence-corrected chi connectivity index (χ0v) is 6.90. The van der Waals surface area contributed by atoms with E-state index in [-0.39, 0.29) is 6.61 Å². The SMILES string of the molecule is OC1COC2(CCCO2)C(O)C1. The van der Waals surface area contributed by atoms with Crippen molar-refractivity contribution in [1.29, 1.82) is 0 Å². The van der Waals surface area contributed by atoms with Crippen molar-refractivity contribution in [1.82, 2.24) is 0 Å². The summed E-state index contributed by atoms with van der Waals surface area (Å²) in [6.45, 7) is 0.921. The average Bonchev–Trinajstić information content (AvgIpc) is 2.48. The van der Waals surface area contributed by atoms with E-state index in [1.165, 1.54) is 0 Å². The lowest BCUT2D eigenvalue weighted by atomic mass is 9.98. The number of ether oxygens (including phenoxy) is 2. The molecule has 1 spiro atoms. The fraction of sp³-hybridized carbons (Fsp3) is 1.00. The Hall–Kier alpha value is -0.160. The van der Waals surface area contributed by atoms with E-state index >= 15 is 0 Å². The van der Waals surface area contributed by atoms with Gasteiger partial charge in [0.1, 0.15) is 6.10 Å². The summed E-state index contributed by atoms with van der Waals surface area (Å²) < 4.78 is 10.7. The number of aliphatic hydroxyl groups excluding tert-OH is 2. The van der Waals surface area contributed by atoms with Gasteiger partial charge in [-0.3, -0.25) is 0 Å². The molecule has 0 aromatic rings. The summed E-state index contributed by atoms with van der Waals surface area (Å²) in [5, 5.41) is 18.8. The summed E-state index contributed by atoms with van der Waals surface area (Å²) in [6, 6.07) is 0. The predicted molar refractivity (Wildman–Crippen MR) is 40.5 cm³/mol. The molecule has 2 aliphatic heterocycles. The first-order chi connectivity index (χ1) is 5.73. The van der Waals surface area contributed by atoms with Crippen molar-refractivity contribution in [2.45, 2.75) is 37.3 Å². The number of hydrogen-bond donors (Lipinski definition) is 2. The van der Waals surface area contributed by atoms with Gasteiger partial charge in [-0.1, -0.05) is 0 Å². The molecule has 3 unspecified atom stereocenters. The minimum atomic E-state index is -0.792. The molecule has 0 aromatic carbocycles. The van der Waals surface area contributed by atoms with E-state index in [0.717, 1.165) is 12.8 Å². The molecule has 2 rings (SSSR count). The second kappa shape index (κ2) is 2.96. The van der Waals surface area contributed by atoms with Crippen molar-refractivity contribution in [3.8, 4) is 0 Å². The summed E-state index contributed by atoms with van der Waals surface area (Å²) in [5.41, 5.74) is 0. The van der Waals surface area contributed by atoms with Crippen LogP contribution in [0.5, 0.6) is 0 Å². The number of rotatable bonds is 0. The van der Waals surface area contributed by atoms with Gasteiger partial charge in [0.2, 0.25) is 0 Å². The molecule has 2 saturated heterocycles. The first kappa shape index (κ1) is 8.44. The molecule has 0 aromatic heterocycles. The predicted octanol–water partition coefficient (Wildman–Crippen LogP) is -0.365. The van der Waals surface area contributed by atoms with Crippen LogP contribution in [0.3, 0.4) is 0 Å². The third-order valence-electron chi connectivity index (χ3n) is 2.54. The first-order valence-electron chi connectivity index (χ1n) is 4.37. The van der Waals surface area contributed by atoms with Crippen molar-refractivity contribution in [3.05, 3.63) is 0 Å². The van der Waals surface area contributed by atoms with Crippen LogP contribution >= 0.6 is 0 Å². The van der Waals surface area contributed by atoms with Crippen LogP contribution in [0.15, 0.2) is 0 Å². The van der Waals surface area contributed by atoms with Gasteiger partial charge in [0.25, 0.3) is 0 Å². The van der Waals surface area contributed by atoms with Gasteiger partial charge in [0.15, 0.2) is 5.79 Å². The quantitative estimate of drug-likeness (QED) is 0.526. The Labute approximate surface area is 71.1 Å². The lowest BCUT2D eigenvalue weighted by molar-refractivity contribution is -0.295.